The lowest BCUT2D eigenvalue weighted by atomic mass is 9.95. The number of aliphatic hydroxyl groups is 1. The first-order valence-electron chi connectivity index (χ1n) is 8.80. The van der Waals surface area contributed by atoms with Crippen molar-refractivity contribution in [3.63, 3.8) is 0 Å². The molecule has 2 aromatic carbocycles. The van der Waals surface area contributed by atoms with Crippen LogP contribution in [0.5, 0.6) is 5.75 Å². The molecule has 0 saturated heterocycles. The Morgan fingerprint density at radius 3 is 2.28 bits per heavy atom. The Bertz CT molecular complexity index is 691. The quantitative estimate of drug-likeness (QED) is 0.845. The van der Waals surface area contributed by atoms with Crippen molar-refractivity contribution in [2.45, 2.75) is 43.7 Å². The molecule has 1 aliphatic rings. The summed E-state index contributed by atoms with van der Waals surface area (Å²) in [5, 5.41) is 13.6. The molecule has 0 radical (unpaired) electrons. The molecule has 0 aromatic heterocycles. The highest BCUT2D eigenvalue weighted by Gasteiger charge is 2.34. The molecule has 0 heterocycles. The number of carbonyl (C=O) groups is 1. The molecule has 0 aliphatic heterocycles. The van der Waals surface area contributed by atoms with Crippen LogP contribution in [0.2, 0.25) is 0 Å². The SMILES string of the molecule is COc1ccc(C(NC(=O)CC2(O)CCCC2)c2ccccc2)cc1. The van der Waals surface area contributed by atoms with Crippen LogP contribution in [0.25, 0.3) is 0 Å². The summed E-state index contributed by atoms with van der Waals surface area (Å²) in [4.78, 5) is 12.6. The molecule has 3 rings (SSSR count). The molecule has 2 aromatic rings. The number of carbonyl (C=O) groups excluding carboxylic acids is 1. The highest BCUT2D eigenvalue weighted by atomic mass is 16.5. The van der Waals surface area contributed by atoms with Gasteiger partial charge in [-0.25, -0.2) is 0 Å². The van der Waals surface area contributed by atoms with Gasteiger partial charge in [0.25, 0.3) is 0 Å². The molecule has 1 unspecified atom stereocenters. The van der Waals surface area contributed by atoms with E-state index in [1.165, 1.54) is 0 Å². The van der Waals surface area contributed by atoms with Crippen molar-refractivity contribution in [1.82, 2.24) is 5.32 Å². The maximum atomic E-state index is 12.6. The lowest BCUT2D eigenvalue weighted by Gasteiger charge is -2.25. The first-order chi connectivity index (χ1) is 12.1. The van der Waals surface area contributed by atoms with E-state index in [0.717, 1.165) is 29.7 Å². The Hall–Kier alpha value is -2.33. The molecule has 1 saturated carbocycles. The van der Waals surface area contributed by atoms with Gasteiger partial charge in [-0.1, -0.05) is 55.3 Å². The van der Waals surface area contributed by atoms with Crippen molar-refractivity contribution >= 4 is 5.91 Å². The first-order valence-corrected chi connectivity index (χ1v) is 8.80. The van der Waals surface area contributed by atoms with E-state index in [1.807, 2.05) is 54.6 Å². The molecule has 0 spiro atoms. The maximum Gasteiger partial charge on any atom is 0.223 e. The fourth-order valence-corrected chi connectivity index (χ4v) is 3.52. The number of nitrogens with one attached hydrogen (secondary N) is 1. The predicted molar refractivity (Wildman–Crippen MR) is 97.5 cm³/mol. The van der Waals surface area contributed by atoms with Gasteiger partial charge in [-0.2, -0.15) is 0 Å². The highest BCUT2D eigenvalue weighted by molar-refractivity contribution is 5.78. The largest absolute Gasteiger partial charge is 0.497 e. The average molecular weight is 339 g/mol. The van der Waals surface area contributed by atoms with Gasteiger partial charge < -0.3 is 15.2 Å². The summed E-state index contributed by atoms with van der Waals surface area (Å²) in [5.41, 5.74) is 1.16. The third kappa shape index (κ3) is 4.40. The van der Waals surface area contributed by atoms with Gasteiger partial charge in [0, 0.05) is 0 Å². The Morgan fingerprint density at radius 1 is 1.08 bits per heavy atom. The van der Waals surface area contributed by atoms with Crippen LogP contribution in [-0.2, 0) is 4.79 Å². The monoisotopic (exact) mass is 339 g/mol. The summed E-state index contributed by atoms with van der Waals surface area (Å²) in [6, 6.07) is 17.3. The molecule has 25 heavy (non-hydrogen) atoms. The van der Waals surface area contributed by atoms with Crippen molar-refractivity contribution in [1.29, 1.82) is 0 Å². The Labute approximate surface area is 148 Å². The maximum absolute atomic E-state index is 12.6. The van der Waals surface area contributed by atoms with Crippen LogP contribution in [0, 0.1) is 0 Å². The average Bonchev–Trinajstić information content (AvgIpc) is 3.06. The highest BCUT2D eigenvalue weighted by Crippen LogP contribution is 2.33. The third-order valence-corrected chi connectivity index (χ3v) is 4.91. The minimum atomic E-state index is -0.842. The molecule has 4 heteroatoms. The van der Waals surface area contributed by atoms with E-state index in [9.17, 15) is 9.90 Å². The van der Waals surface area contributed by atoms with Gasteiger partial charge in [-0.05, 0) is 36.1 Å². The Kier molecular flexibility index (Phi) is 5.39. The smallest absolute Gasteiger partial charge is 0.223 e. The van der Waals surface area contributed by atoms with Crippen LogP contribution in [0.1, 0.15) is 49.3 Å². The number of hydrogen-bond acceptors (Lipinski definition) is 3. The number of rotatable bonds is 6. The number of hydrogen-bond donors (Lipinski definition) is 2. The van der Waals surface area contributed by atoms with Gasteiger partial charge in [0.2, 0.25) is 5.91 Å². The standard InChI is InChI=1S/C21H25NO3/c1-25-18-11-9-17(10-12-18)20(16-7-3-2-4-8-16)22-19(23)15-21(24)13-5-6-14-21/h2-4,7-12,20,24H,5-6,13-15H2,1H3,(H,22,23). The van der Waals surface area contributed by atoms with Crippen LogP contribution in [0.4, 0.5) is 0 Å². The van der Waals surface area contributed by atoms with Gasteiger partial charge in [0.15, 0.2) is 0 Å². The summed E-state index contributed by atoms with van der Waals surface area (Å²) >= 11 is 0. The molecule has 2 N–H and O–H groups in total. The van der Waals surface area contributed by atoms with E-state index >= 15 is 0 Å². The van der Waals surface area contributed by atoms with E-state index in [2.05, 4.69) is 5.32 Å². The molecular formula is C21H25NO3. The fourth-order valence-electron chi connectivity index (χ4n) is 3.52. The second kappa shape index (κ2) is 7.70. The van der Waals surface area contributed by atoms with Crippen LogP contribution in [0.15, 0.2) is 54.6 Å². The van der Waals surface area contributed by atoms with Crippen LogP contribution >= 0.6 is 0 Å². The fraction of sp³-hybridized carbons (Fsp3) is 0.381. The summed E-state index contributed by atoms with van der Waals surface area (Å²) in [5.74, 6) is 0.663. The molecule has 1 fully saturated rings. The third-order valence-electron chi connectivity index (χ3n) is 4.91. The number of methoxy groups -OCH3 is 1. The van der Waals surface area contributed by atoms with Crippen molar-refractivity contribution in [2.24, 2.45) is 0 Å². The van der Waals surface area contributed by atoms with E-state index < -0.39 is 5.60 Å². The second-order valence-electron chi connectivity index (χ2n) is 6.79. The summed E-state index contributed by atoms with van der Waals surface area (Å²) in [6.07, 6.45) is 3.55. The number of benzene rings is 2. The molecule has 132 valence electrons. The molecule has 0 bridgehead atoms. The zero-order chi connectivity index (χ0) is 17.7. The van der Waals surface area contributed by atoms with Crippen LogP contribution in [-0.4, -0.2) is 23.7 Å². The molecular weight excluding hydrogens is 314 g/mol. The molecule has 1 atom stereocenters. The van der Waals surface area contributed by atoms with Crippen LogP contribution in [0.3, 0.4) is 0 Å². The van der Waals surface area contributed by atoms with Crippen molar-refractivity contribution in [3.05, 3.63) is 65.7 Å². The van der Waals surface area contributed by atoms with Gasteiger partial charge in [-0.15, -0.1) is 0 Å². The van der Waals surface area contributed by atoms with E-state index in [1.54, 1.807) is 7.11 Å². The number of amides is 1. The first kappa shape index (κ1) is 17.5. The minimum absolute atomic E-state index is 0.117. The predicted octanol–water partition coefficient (Wildman–Crippen LogP) is 3.60. The lowest BCUT2D eigenvalue weighted by Crippen LogP contribution is -2.36. The van der Waals surface area contributed by atoms with Crippen molar-refractivity contribution in [3.8, 4) is 5.75 Å². The van der Waals surface area contributed by atoms with Gasteiger partial charge in [0.1, 0.15) is 5.75 Å². The Morgan fingerprint density at radius 2 is 1.68 bits per heavy atom. The van der Waals surface area contributed by atoms with Crippen LogP contribution < -0.4 is 10.1 Å². The van der Waals surface area contributed by atoms with Gasteiger partial charge in [-0.3, -0.25) is 4.79 Å². The van der Waals surface area contributed by atoms with Crippen molar-refractivity contribution in [2.75, 3.05) is 7.11 Å². The van der Waals surface area contributed by atoms with E-state index in [-0.39, 0.29) is 18.4 Å². The van der Waals surface area contributed by atoms with E-state index in [0.29, 0.717) is 12.8 Å². The summed E-state index contributed by atoms with van der Waals surface area (Å²) in [7, 11) is 1.63. The Balaban J connectivity index is 1.80. The topological polar surface area (TPSA) is 58.6 Å². The molecule has 1 amide bonds. The zero-order valence-corrected chi connectivity index (χ0v) is 14.6. The molecule has 1 aliphatic carbocycles. The number of ether oxygens (including phenoxy) is 1. The molecule has 4 nitrogen and oxygen atoms in total. The van der Waals surface area contributed by atoms with Gasteiger partial charge in [0.05, 0.1) is 25.2 Å². The second-order valence-corrected chi connectivity index (χ2v) is 6.79. The summed E-state index contributed by atoms with van der Waals surface area (Å²) in [6.45, 7) is 0. The van der Waals surface area contributed by atoms with Crippen molar-refractivity contribution < 1.29 is 14.6 Å². The normalized spacial score (nSPS) is 17.0. The zero-order valence-electron chi connectivity index (χ0n) is 14.6. The van der Waals surface area contributed by atoms with E-state index in [4.69, 9.17) is 4.74 Å². The van der Waals surface area contributed by atoms with Gasteiger partial charge >= 0.3 is 0 Å². The minimum Gasteiger partial charge on any atom is -0.497 e. The summed E-state index contributed by atoms with van der Waals surface area (Å²) < 4.78 is 5.22. The lowest BCUT2D eigenvalue weighted by molar-refractivity contribution is -0.126.